The molecule has 69 heavy (non-hydrogen) atoms. The van der Waals surface area contributed by atoms with Crippen molar-refractivity contribution in [2.45, 2.75) is 167 Å². The first-order valence-corrected chi connectivity index (χ1v) is 24.6. The zero-order chi connectivity index (χ0) is 50.5. The van der Waals surface area contributed by atoms with Crippen LogP contribution in [0.15, 0.2) is 37.2 Å². The van der Waals surface area contributed by atoms with Crippen LogP contribution < -0.4 is 4.90 Å². The number of aliphatic hydroxyl groups excluding tert-OH is 1. The maximum absolute atomic E-state index is 15.1. The van der Waals surface area contributed by atoms with E-state index in [1.807, 2.05) is 70.1 Å². The van der Waals surface area contributed by atoms with Gasteiger partial charge in [0.1, 0.15) is 30.4 Å². The molecular formula is C50H76N8O11. The number of nitrogens with zero attached hydrogens (tertiary/aromatic N) is 8. The minimum absolute atomic E-state index is 0.112. The van der Waals surface area contributed by atoms with Gasteiger partial charge in [0, 0.05) is 70.5 Å². The van der Waals surface area contributed by atoms with Gasteiger partial charge in [-0.15, -0.1) is 0 Å². The van der Waals surface area contributed by atoms with Gasteiger partial charge in [0.15, 0.2) is 28.9 Å². The van der Waals surface area contributed by atoms with Crippen LogP contribution in [-0.2, 0) is 55.8 Å². The molecule has 0 aliphatic carbocycles. The molecule has 0 spiro atoms. The van der Waals surface area contributed by atoms with E-state index in [1.165, 1.54) is 13.4 Å². The number of hydrogen-bond acceptors (Lipinski definition) is 17. The topological polar surface area (TPSA) is 210 Å². The number of anilines is 1. The molecular weight excluding hydrogens is 889 g/mol. The van der Waals surface area contributed by atoms with Crippen molar-refractivity contribution in [3.05, 3.63) is 42.7 Å². The number of unbranched alkanes of at least 4 members (excludes halogenated alkanes) is 1. The monoisotopic (exact) mass is 965 g/mol. The summed E-state index contributed by atoms with van der Waals surface area (Å²) in [5, 5.41) is 11.9. The molecule has 14 atom stereocenters. The van der Waals surface area contributed by atoms with Gasteiger partial charge in [-0.05, 0) is 85.0 Å². The standard InChI is InChI=1S/C50H76N8O11/c1-14-36-50(9)42(58(48(63)69-50)22-17-16-21-57-28-54-38-44(55(10)11)52-27-53-45(38)57)31(5)39(60)29(3)25-49(8,64-13)43(68-47-40(61)35(56(12)15-2)23-30(4)65-47)32(6)41(33(7)46(62)66-36)67-37(59)24-34-19-18-20-51-26-34/h18-20,26-33,35-36,40-43,47,61H,14-17,21-25H2,1-13H3/t29-,30+,31+,32+,33-,35-,36-,40+,41+,42-,43-,47-,49-,50-/m1/s1. The van der Waals surface area contributed by atoms with Crippen molar-refractivity contribution in [2.75, 3.05) is 46.2 Å². The van der Waals surface area contributed by atoms with E-state index in [2.05, 4.69) is 19.9 Å². The lowest BCUT2D eigenvalue weighted by Gasteiger charge is -2.48. The molecule has 6 heterocycles. The van der Waals surface area contributed by atoms with Gasteiger partial charge in [0.25, 0.3) is 0 Å². The van der Waals surface area contributed by atoms with Crippen LogP contribution in [0.25, 0.3) is 11.2 Å². The third-order valence-electron chi connectivity index (χ3n) is 14.9. The Balaban J connectivity index is 1.36. The molecule has 382 valence electrons. The van der Waals surface area contributed by atoms with E-state index in [0.29, 0.717) is 54.9 Å². The van der Waals surface area contributed by atoms with E-state index in [-0.39, 0.29) is 43.7 Å². The third kappa shape index (κ3) is 11.4. The lowest BCUT2D eigenvalue weighted by Crippen LogP contribution is -2.61. The molecule has 3 aliphatic rings. The molecule has 19 heteroatoms. The lowest BCUT2D eigenvalue weighted by molar-refractivity contribution is -0.302. The molecule has 3 aromatic rings. The number of ketones is 1. The summed E-state index contributed by atoms with van der Waals surface area (Å²) in [7, 11) is 7.26. The average Bonchev–Trinajstić information content (AvgIpc) is 3.86. The number of aromatic nitrogens is 5. The van der Waals surface area contributed by atoms with Gasteiger partial charge < -0.3 is 52.8 Å². The van der Waals surface area contributed by atoms with Crippen LogP contribution >= 0.6 is 0 Å². The molecule has 1 amide bonds. The van der Waals surface area contributed by atoms with Gasteiger partial charge in [-0.2, -0.15) is 0 Å². The van der Waals surface area contributed by atoms with Gasteiger partial charge in [0.05, 0.1) is 42.5 Å². The van der Waals surface area contributed by atoms with Crippen molar-refractivity contribution in [3.63, 3.8) is 0 Å². The van der Waals surface area contributed by atoms with Gasteiger partial charge in [-0.25, -0.2) is 19.7 Å². The number of methoxy groups -OCH3 is 1. The number of fused-ring (bicyclic) bond motifs is 2. The Morgan fingerprint density at radius 2 is 1.72 bits per heavy atom. The predicted octanol–water partition coefficient (Wildman–Crippen LogP) is 5.25. The number of cyclic esters (lactones) is 1. The largest absolute Gasteiger partial charge is 0.461 e. The molecule has 3 saturated heterocycles. The number of hydrogen-bond donors (Lipinski definition) is 1. The maximum atomic E-state index is 15.1. The summed E-state index contributed by atoms with van der Waals surface area (Å²) < 4.78 is 40.7. The Hall–Kier alpha value is -4.82. The summed E-state index contributed by atoms with van der Waals surface area (Å²) in [5.74, 6) is -4.16. The molecule has 6 rings (SSSR count). The number of aliphatic hydroxyl groups is 1. The number of likely N-dealkylation sites (N-methyl/N-ethyl adjacent to an activating group) is 1. The van der Waals surface area contributed by atoms with Crippen LogP contribution in [0.4, 0.5) is 10.6 Å². The van der Waals surface area contributed by atoms with Crippen LogP contribution in [0.3, 0.4) is 0 Å². The second-order valence-corrected chi connectivity index (χ2v) is 20.1. The lowest BCUT2D eigenvalue weighted by atomic mass is 9.73. The van der Waals surface area contributed by atoms with Crippen molar-refractivity contribution in [1.29, 1.82) is 0 Å². The van der Waals surface area contributed by atoms with Gasteiger partial charge in [0.2, 0.25) is 0 Å². The highest BCUT2D eigenvalue weighted by atomic mass is 16.7. The van der Waals surface area contributed by atoms with E-state index < -0.39 is 89.7 Å². The minimum atomic E-state index is -1.46. The maximum Gasteiger partial charge on any atom is 0.410 e. The quantitative estimate of drug-likeness (QED) is 0.117. The highest BCUT2D eigenvalue weighted by Gasteiger charge is 2.60. The van der Waals surface area contributed by atoms with Crippen molar-refractivity contribution in [1.82, 2.24) is 34.3 Å². The van der Waals surface area contributed by atoms with E-state index in [1.54, 1.807) is 63.4 Å². The number of carbonyl (C=O) groups is 4. The smallest absolute Gasteiger partial charge is 0.410 e. The van der Waals surface area contributed by atoms with Crippen molar-refractivity contribution in [3.8, 4) is 0 Å². The molecule has 3 fully saturated rings. The van der Waals surface area contributed by atoms with Gasteiger partial charge >= 0.3 is 18.0 Å². The third-order valence-corrected chi connectivity index (χ3v) is 14.9. The van der Waals surface area contributed by atoms with Crippen LogP contribution in [0.1, 0.15) is 100.0 Å². The molecule has 1 N–H and O–H groups in total. The Labute approximate surface area is 406 Å². The predicted molar refractivity (Wildman–Crippen MR) is 256 cm³/mol. The minimum Gasteiger partial charge on any atom is -0.461 e. The zero-order valence-corrected chi connectivity index (χ0v) is 42.9. The molecule has 0 unspecified atom stereocenters. The van der Waals surface area contributed by atoms with Crippen LogP contribution in [0.2, 0.25) is 0 Å². The number of esters is 2. The Morgan fingerprint density at radius 1 is 1.00 bits per heavy atom. The van der Waals surface area contributed by atoms with Gasteiger partial charge in [-0.3, -0.25) is 19.4 Å². The Morgan fingerprint density at radius 3 is 2.38 bits per heavy atom. The summed E-state index contributed by atoms with van der Waals surface area (Å²) >= 11 is 0. The fourth-order valence-corrected chi connectivity index (χ4v) is 11.0. The Kier molecular flexibility index (Phi) is 17.5. The van der Waals surface area contributed by atoms with E-state index >= 15 is 4.79 Å². The number of pyridine rings is 1. The summed E-state index contributed by atoms with van der Waals surface area (Å²) in [5.41, 5.74) is -0.766. The highest BCUT2D eigenvalue weighted by Crippen LogP contribution is 2.44. The molecule has 0 aromatic carbocycles. The van der Waals surface area contributed by atoms with Gasteiger partial charge in [-0.1, -0.05) is 40.7 Å². The molecule has 19 nitrogen and oxygen atoms in total. The summed E-state index contributed by atoms with van der Waals surface area (Å²) in [6, 6.07) is 2.34. The van der Waals surface area contributed by atoms with Crippen molar-refractivity contribution in [2.24, 2.45) is 23.7 Å². The van der Waals surface area contributed by atoms with Crippen LogP contribution in [0.5, 0.6) is 0 Å². The molecule has 3 aromatic heterocycles. The van der Waals surface area contributed by atoms with E-state index in [4.69, 9.17) is 28.4 Å². The fourth-order valence-electron chi connectivity index (χ4n) is 11.0. The molecule has 0 bridgehead atoms. The number of ether oxygens (including phenoxy) is 6. The highest BCUT2D eigenvalue weighted by molar-refractivity contribution is 5.86. The second-order valence-electron chi connectivity index (χ2n) is 20.1. The summed E-state index contributed by atoms with van der Waals surface area (Å²) in [6.45, 7) is 17.9. The molecule has 3 aliphatic heterocycles. The first-order valence-electron chi connectivity index (χ1n) is 24.6. The normalized spacial score (nSPS) is 33.7. The van der Waals surface area contributed by atoms with Crippen LogP contribution in [0, 0.1) is 23.7 Å². The van der Waals surface area contributed by atoms with Crippen molar-refractivity contribution < 1.29 is 52.7 Å². The number of imidazole rings is 1. The van der Waals surface area contributed by atoms with Crippen molar-refractivity contribution >= 4 is 40.8 Å². The zero-order valence-electron chi connectivity index (χ0n) is 42.9. The number of Topliss-reactive ketones (excluding diaryl/α,β-unsaturated/α-hetero) is 1. The average molecular weight is 965 g/mol. The Bertz CT molecular complexity index is 2230. The second kappa shape index (κ2) is 22.5. The first kappa shape index (κ1) is 53.5. The van der Waals surface area contributed by atoms with E-state index in [9.17, 15) is 19.5 Å². The number of amides is 1. The summed E-state index contributed by atoms with van der Waals surface area (Å²) in [6.07, 6.45) is 2.04. The first-order chi connectivity index (χ1) is 32.7. The number of rotatable bonds is 15. The molecule has 0 radical (unpaired) electrons. The SMILES string of the molecule is CC[C@H]1OC(=O)[C@H](C)[C@@H](OC(=O)Cc2cccnc2)[C@H](C)[C@@H](O[C@H]2O[C@@H](C)C[C@@H](N(C)CC)[C@@H]2O)[C@](C)(OC)C[C@@H](C)C(=O)[C@H](C)[C@H]2N(CCCCn3cnc4c(N(C)C)ncnc43)C(=O)O[C@]12C. The summed E-state index contributed by atoms with van der Waals surface area (Å²) in [4.78, 5) is 81.1. The van der Waals surface area contributed by atoms with Crippen LogP contribution in [-0.4, -0.2) is 165 Å². The number of aryl methyl sites for hydroxylation is 1. The van der Waals surface area contributed by atoms with E-state index in [0.717, 1.165) is 0 Å². The fraction of sp³-hybridized carbons (Fsp3) is 0.720. The number of carbonyl (C=O) groups excluding carboxylic acids is 4. The molecule has 0 saturated carbocycles.